The third kappa shape index (κ3) is 5.84. The molecule has 0 saturated carbocycles. The second-order valence-electron chi connectivity index (χ2n) is 6.66. The SMILES string of the molecule is CC(NC(=O)CC1CSCCN1)c1cccc(NC(=O)c2ccccc2)c1. The first-order chi connectivity index (χ1) is 13.1. The fourth-order valence-corrected chi connectivity index (χ4v) is 3.99. The second-order valence-corrected chi connectivity index (χ2v) is 7.81. The van der Waals surface area contributed by atoms with Gasteiger partial charge in [0.15, 0.2) is 0 Å². The summed E-state index contributed by atoms with van der Waals surface area (Å²) in [7, 11) is 0. The molecule has 1 aliphatic rings. The molecule has 2 aromatic rings. The van der Waals surface area contributed by atoms with E-state index in [2.05, 4.69) is 16.0 Å². The number of hydrogen-bond acceptors (Lipinski definition) is 4. The second kappa shape index (κ2) is 9.58. The van der Waals surface area contributed by atoms with Gasteiger partial charge in [-0.2, -0.15) is 11.8 Å². The Morgan fingerprint density at radius 1 is 1.19 bits per heavy atom. The Morgan fingerprint density at radius 3 is 2.74 bits per heavy atom. The Morgan fingerprint density at radius 2 is 2.00 bits per heavy atom. The number of amides is 2. The van der Waals surface area contributed by atoms with Crippen molar-refractivity contribution in [2.45, 2.75) is 25.4 Å². The Bertz CT molecular complexity index is 776. The molecule has 0 aliphatic carbocycles. The zero-order chi connectivity index (χ0) is 19.1. The lowest BCUT2D eigenvalue weighted by Gasteiger charge is -2.23. The first-order valence-corrected chi connectivity index (χ1v) is 10.3. The van der Waals surface area contributed by atoms with Gasteiger partial charge in [0.05, 0.1) is 6.04 Å². The van der Waals surface area contributed by atoms with Crippen molar-refractivity contribution in [3.8, 4) is 0 Å². The summed E-state index contributed by atoms with van der Waals surface area (Å²) >= 11 is 1.88. The Balaban J connectivity index is 1.57. The van der Waals surface area contributed by atoms with Crippen LogP contribution in [0, 0.1) is 0 Å². The molecule has 1 heterocycles. The summed E-state index contributed by atoms with van der Waals surface area (Å²) in [5.74, 6) is 1.98. The molecule has 2 atom stereocenters. The highest BCUT2D eigenvalue weighted by Gasteiger charge is 2.18. The number of hydrogen-bond donors (Lipinski definition) is 3. The van der Waals surface area contributed by atoms with E-state index in [0.29, 0.717) is 17.7 Å². The van der Waals surface area contributed by atoms with Crippen LogP contribution in [0.15, 0.2) is 54.6 Å². The minimum atomic E-state index is -0.148. The van der Waals surface area contributed by atoms with Crippen LogP contribution in [-0.4, -0.2) is 35.9 Å². The van der Waals surface area contributed by atoms with Crippen molar-refractivity contribution in [3.63, 3.8) is 0 Å². The van der Waals surface area contributed by atoms with Gasteiger partial charge < -0.3 is 16.0 Å². The molecule has 0 radical (unpaired) electrons. The number of carbonyl (C=O) groups excluding carboxylic acids is 2. The Hall–Kier alpha value is -2.31. The molecule has 1 saturated heterocycles. The fraction of sp³-hybridized carbons (Fsp3) is 0.333. The van der Waals surface area contributed by atoms with Crippen LogP contribution in [0.25, 0.3) is 0 Å². The average Bonchev–Trinajstić information content (AvgIpc) is 2.69. The molecule has 2 amide bonds. The molecule has 6 heteroatoms. The monoisotopic (exact) mass is 383 g/mol. The predicted octanol–water partition coefficient (Wildman–Crippen LogP) is 3.21. The van der Waals surface area contributed by atoms with Crippen LogP contribution in [0.3, 0.4) is 0 Å². The number of nitrogens with one attached hydrogen (secondary N) is 3. The molecule has 27 heavy (non-hydrogen) atoms. The van der Waals surface area contributed by atoms with Crippen LogP contribution in [0.1, 0.15) is 35.3 Å². The molecule has 1 aliphatic heterocycles. The molecule has 0 bridgehead atoms. The van der Waals surface area contributed by atoms with Crippen LogP contribution in [0.2, 0.25) is 0 Å². The molecule has 3 N–H and O–H groups in total. The highest BCUT2D eigenvalue weighted by Crippen LogP contribution is 2.19. The average molecular weight is 384 g/mol. The Labute approximate surface area is 164 Å². The lowest BCUT2D eigenvalue weighted by Crippen LogP contribution is -2.41. The minimum absolute atomic E-state index is 0.0428. The summed E-state index contributed by atoms with van der Waals surface area (Å²) in [6, 6.07) is 16.8. The number of benzene rings is 2. The normalized spacial score (nSPS) is 17.7. The maximum Gasteiger partial charge on any atom is 0.255 e. The van der Waals surface area contributed by atoms with Gasteiger partial charge in [-0.1, -0.05) is 30.3 Å². The number of thioether (sulfide) groups is 1. The minimum Gasteiger partial charge on any atom is -0.350 e. The summed E-state index contributed by atoms with van der Waals surface area (Å²) in [6.45, 7) is 2.92. The van der Waals surface area contributed by atoms with Gasteiger partial charge in [-0.25, -0.2) is 0 Å². The van der Waals surface area contributed by atoms with Crippen molar-refractivity contribution < 1.29 is 9.59 Å². The summed E-state index contributed by atoms with van der Waals surface area (Å²) in [5.41, 5.74) is 2.29. The smallest absolute Gasteiger partial charge is 0.255 e. The highest BCUT2D eigenvalue weighted by molar-refractivity contribution is 7.99. The van der Waals surface area contributed by atoms with E-state index in [1.165, 1.54) is 0 Å². The van der Waals surface area contributed by atoms with Gasteiger partial charge in [0.25, 0.3) is 5.91 Å². The maximum atomic E-state index is 12.3. The first-order valence-electron chi connectivity index (χ1n) is 9.18. The topological polar surface area (TPSA) is 70.2 Å². The van der Waals surface area contributed by atoms with Gasteiger partial charge in [-0.15, -0.1) is 0 Å². The van der Waals surface area contributed by atoms with Crippen LogP contribution < -0.4 is 16.0 Å². The van der Waals surface area contributed by atoms with E-state index in [1.807, 2.05) is 61.2 Å². The Kier molecular flexibility index (Phi) is 6.90. The third-order valence-corrected chi connectivity index (χ3v) is 5.62. The predicted molar refractivity (Wildman–Crippen MR) is 111 cm³/mol. The highest BCUT2D eigenvalue weighted by atomic mass is 32.2. The van der Waals surface area contributed by atoms with Gasteiger partial charge in [0.2, 0.25) is 5.91 Å². The number of rotatable bonds is 6. The quantitative estimate of drug-likeness (QED) is 0.716. The molecule has 2 unspecified atom stereocenters. The molecule has 3 rings (SSSR count). The fourth-order valence-electron chi connectivity index (χ4n) is 3.04. The molecular formula is C21H25N3O2S. The third-order valence-electron chi connectivity index (χ3n) is 4.49. The van der Waals surface area contributed by atoms with Gasteiger partial charge in [-0.05, 0) is 36.8 Å². The van der Waals surface area contributed by atoms with Crippen molar-refractivity contribution in [3.05, 3.63) is 65.7 Å². The van der Waals surface area contributed by atoms with Crippen molar-refractivity contribution in [2.75, 3.05) is 23.4 Å². The van der Waals surface area contributed by atoms with Gasteiger partial charge in [-0.3, -0.25) is 9.59 Å². The van der Waals surface area contributed by atoms with E-state index < -0.39 is 0 Å². The van der Waals surface area contributed by atoms with Crippen LogP contribution in [0.5, 0.6) is 0 Å². The van der Waals surface area contributed by atoms with Crippen molar-refractivity contribution in [1.82, 2.24) is 10.6 Å². The first kappa shape index (κ1) is 19.5. The lowest BCUT2D eigenvalue weighted by atomic mass is 10.1. The number of carbonyl (C=O) groups is 2. The van der Waals surface area contributed by atoms with Crippen molar-refractivity contribution in [1.29, 1.82) is 0 Å². The van der Waals surface area contributed by atoms with E-state index in [4.69, 9.17) is 0 Å². The lowest BCUT2D eigenvalue weighted by molar-refractivity contribution is -0.122. The van der Waals surface area contributed by atoms with Gasteiger partial charge >= 0.3 is 0 Å². The van der Waals surface area contributed by atoms with Crippen molar-refractivity contribution in [2.24, 2.45) is 0 Å². The molecule has 0 spiro atoms. The molecule has 142 valence electrons. The maximum absolute atomic E-state index is 12.3. The van der Waals surface area contributed by atoms with Crippen LogP contribution in [0.4, 0.5) is 5.69 Å². The standard InChI is InChI=1S/C21H25N3O2S/c1-15(23-20(25)13-19-14-27-11-10-22-19)17-8-5-9-18(12-17)24-21(26)16-6-3-2-4-7-16/h2-9,12,15,19,22H,10-11,13-14H2,1H3,(H,23,25)(H,24,26). The van der Waals surface area contributed by atoms with E-state index in [1.54, 1.807) is 12.1 Å². The zero-order valence-electron chi connectivity index (χ0n) is 15.4. The van der Waals surface area contributed by atoms with E-state index in [0.717, 1.165) is 23.6 Å². The number of anilines is 1. The van der Waals surface area contributed by atoms with E-state index in [9.17, 15) is 9.59 Å². The molecule has 2 aromatic carbocycles. The molecule has 5 nitrogen and oxygen atoms in total. The van der Waals surface area contributed by atoms with E-state index in [-0.39, 0.29) is 23.9 Å². The summed E-state index contributed by atoms with van der Waals surface area (Å²) < 4.78 is 0. The molecule has 1 fully saturated rings. The van der Waals surface area contributed by atoms with Gasteiger partial charge in [0.1, 0.15) is 0 Å². The van der Waals surface area contributed by atoms with Crippen LogP contribution in [-0.2, 0) is 4.79 Å². The largest absolute Gasteiger partial charge is 0.350 e. The van der Waals surface area contributed by atoms with Crippen molar-refractivity contribution >= 4 is 29.3 Å². The van der Waals surface area contributed by atoms with E-state index >= 15 is 0 Å². The summed E-state index contributed by atoms with van der Waals surface area (Å²) in [4.78, 5) is 24.6. The summed E-state index contributed by atoms with van der Waals surface area (Å²) in [5, 5.41) is 9.34. The summed E-state index contributed by atoms with van der Waals surface area (Å²) in [6.07, 6.45) is 0.488. The van der Waals surface area contributed by atoms with Crippen LogP contribution >= 0.6 is 11.8 Å². The van der Waals surface area contributed by atoms with Gasteiger partial charge in [0, 0.05) is 41.8 Å². The zero-order valence-corrected chi connectivity index (χ0v) is 16.2. The molecule has 0 aromatic heterocycles. The molecular weight excluding hydrogens is 358 g/mol.